The highest BCUT2D eigenvalue weighted by Gasteiger charge is 2.19. The van der Waals surface area contributed by atoms with Crippen LogP contribution in [-0.4, -0.2) is 34.4 Å². The second-order valence-electron chi connectivity index (χ2n) is 6.12. The molecule has 1 fully saturated rings. The summed E-state index contributed by atoms with van der Waals surface area (Å²) in [5.74, 6) is -0.179. The number of rotatable bonds is 3. The van der Waals surface area contributed by atoms with Crippen molar-refractivity contribution in [2.45, 2.75) is 33.2 Å². The van der Waals surface area contributed by atoms with Crippen LogP contribution in [-0.2, 0) is 11.3 Å². The molecule has 0 unspecified atom stereocenters. The summed E-state index contributed by atoms with van der Waals surface area (Å²) < 4.78 is 1.83. The van der Waals surface area contributed by atoms with Crippen LogP contribution in [0.25, 0.3) is 0 Å². The Morgan fingerprint density at radius 1 is 1.21 bits per heavy atom. The van der Waals surface area contributed by atoms with Crippen molar-refractivity contribution in [1.29, 1.82) is 0 Å². The first kappa shape index (κ1) is 16.6. The van der Waals surface area contributed by atoms with Crippen LogP contribution in [0.1, 0.15) is 34.5 Å². The molecule has 126 valence electrons. The quantitative estimate of drug-likeness (QED) is 0.860. The maximum atomic E-state index is 12.4. The number of aryl methyl sites for hydroxylation is 2. The van der Waals surface area contributed by atoms with Crippen LogP contribution in [0.3, 0.4) is 0 Å². The van der Waals surface area contributed by atoms with Gasteiger partial charge in [0.05, 0.1) is 0 Å². The lowest BCUT2D eigenvalue weighted by atomic mass is 10.1. The number of hydrogen-bond donors (Lipinski definition) is 0. The lowest BCUT2D eigenvalue weighted by Crippen LogP contribution is -2.34. The number of thiazole rings is 1. The van der Waals surface area contributed by atoms with Crippen LogP contribution in [0.5, 0.6) is 0 Å². The second-order valence-corrected chi connectivity index (χ2v) is 6.96. The summed E-state index contributed by atoms with van der Waals surface area (Å²) in [6.07, 6.45) is 2.14. The van der Waals surface area contributed by atoms with E-state index in [1.54, 1.807) is 6.07 Å². The van der Waals surface area contributed by atoms with E-state index in [2.05, 4.69) is 4.99 Å². The molecule has 1 aliphatic heterocycles. The van der Waals surface area contributed by atoms with Gasteiger partial charge in [0.15, 0.2) is 4.80 Å². The molecule has 0 saturated carbocycles. The van der Waals surface area contributed by atoms with Gasteiger partial charge in [-0.15, -0.1) is 11.3 Å². The molecular formula is C18H21N3O2S. The number of aromatic nitrogens is 1. The van der Waals surface area contributed by atoms with Crippen molar-refractivity contribution in [3.8, 4) is 0 Å². The maximum Gasteiger partial charge on any atom is 0.279 e. The Balaban J connectivity index is 1.86. The van der Waals surface area contributed by atoms with Crippen molar-refractivity contribution in [3.63, 3.8) is 0 Å². The van der Waals surface area contributed by atoms with Crippen molar-refractivity contribution < 1.29 is 9.59 Å². The van der Waals surface area contributed by atoms with E-state index in [0.29, 0.717) is 10.4 Å². The summed E-state index contributed by atoms with van der Waals surface area (Å²) >= 11 is 1.39. The van der Waals surface area contributed by atoms with Crippen molar-refractivity contribution in [2.24, 2.45) is 4.99 Å². The smallest absolute Gasteiger partial charge is 0.279 e. The van der Waals surface area contributed by atoms with Gasteiger partial charge in [-0.05, 0) is 38.8 Å². The van der Waals surface area contributed by atoms with E-state index < -0.39 is 0 Å². The number of hydrogen-bond acceptors (Lipinski definition) is 3. The normalized spacial score (nSPS) is 15.1. The summed E-state index contributed by atoms with van der Waals surface area (Å²) in [5, 5.41) is 1.93. The van der Waals surface area contributed by atoms with Gasteiger partial charge < -0.3 is 9.47 Å². The Hall–Kier alpha value is -2.21. The summed E-state index contributed by atoms with van der Waals surface area (Å²) in [6, 6.07) is 7.38. The fourth-order valence-electron chi connectivity index (χ4n) is 2.83. The molecule has 2 amide bonds. The number of carbonyl (C=O) groups excluding carboxylic acids is 2. The van der Waals surface area contributed by atoms with E-state index in [1.165, 1.54) is 11.3 Å². The predicted molar refractivity (Wildman–Crippen MR) is 93.9 cm³/mol. The van der Waals surface area contributed by atoms with Crippen molar-refractivity contribution >= 4 is 23.2 Å². The molecule has 3 rings (SSSR count). The molecule has 2 heterocycles. The molecule has 1 saturated heterocycles. The number of benzene rings is 1. The van der Waals surface area contributed by atoms with Crippen LogP contribution in [0.2, 0.25) is 0 Å². The van der Waals surface area contributed by atoms with Crippen LogP contribution in [0, 0.1) is 13.8 Å². The second kappa shape index (κ2) is 7.13. The summed E-state index contributed by atoms with van der Waals surface area (Å²) in [6.45, 7) is 5.79. The van der Waals surface area contributed by atoms with Gasteiger partial charge in [-0.25, -0.2) is 0 Å². The third kappa shape index (κ3) is 3.64. The van der Waals surface area contributed by atoms with Crippen LogP contribution in [0.4, 0.5) is 0 Å². The van der Waals surface area contributed by atoms with Gasteiger partial charge in [0.1, 0.15) is 6.54 Å². The number of amides is 2. The summed E-state index contributed by atoms with van der Waals surface area (Å²) in [7, 11) is 0. The van der Waals surface area contributed by atoms with E-state index in [9.17, 15) is 9.59 Å². The molecule has 0 N–H and O–H groups in total. The summed E-state index contributed by atoms with van der Waals surface area (Å²) in [4.78, 5) is 31.5. The molecule has 0 aliphatic carbocycles. The molecule has 1 aromatic heterocycles. The molecule has 0 atom stereocenters. The van der Waals surface area contributed by atoms with E-state index >= 15 is 0 Å². The molecule has 0 spiro atoms. The molecule has 5 nitrogen and oxygen atoms in total. The van der Waals surface area contributed by atoms with Crippen LogP contribution >= 0.6 is 11.3 Å². The third-order valence-corrected chi connectivity index (χ3v) is 5.19. The van der Waals surface area contributed by atoms with E-state index in [1.807, 2.05) is 46.9 Å². The molecule has 0 bridgehead atoms. The van der Waals surface area contributed by atoms with Gasteiger partial charge in [-0.1, -0.05) is 17.7 Å². The molecule has 2 aromatic rings. The molecule has 24 heavy (non-hydrogen) atoms. The standard InChI is InChI=1S/C18H21N3O2S/c1-13-6-5-7-15(10-13)17(23)19-18-21(14(2)12-24-18)11-16(22)20-8-3-4-9-20/h5-7,10,12H,3-4,8-9,11H2,1-2H3. The van der Waals surface area contributed by atoms with Gasteiger partial charge in [0.25, 0.3) is 5.91 Å². The highest BCUT2D eigenvalue weighted by Crippen LogP contribution is 2.10. The minimum atomic E-state index is -0.275. The van der Waals surface area contributed by atoms with E-state index in [4.69, 9.17) is 0 Å². The molecule has 6 heteroatoms. The van der Waals surface area contributed by atoms with Gasteiger partial charge in [0.2, 0.25) is 5.91 Å². The first-order valence-electron chi connectivity index (χ1n) is 8.13. The van der Waals surface area contributed by atoms with Crippen molar-refractivity contribution in [1.82, 2.24) is 9.47 Å². The molecule has 1 aliphatic rings. The van der Waals surface area contributed by atoms with Crippen LogP contribution in [0.15, 0.2) is 34.6 Å². The SMILES string of the molecule is Cc1cccc(C(=O)N=c2scc(C)n2CC(=O)N2CCCC2)c1. The Labute approximate surface area is 145 Å². The molecule has 0 radical (unpaired) electrons. The monoisotopic (exact) mass is 343 g/mol. The largest absolute Gasteiger partial charge is 0.341 e. The zero-order chi connectivity index (χ0) is 17.1. The van der Waals surface area contributed by atoms with Crippen molar-refractivity contribution in [2.75, 3.05) is 13.1 Å². The minimum absolute atomic E-state index is 0.0958. The highest BCUT2D eigenvalue weighted by atomic mass is 32.1. The lowest BCUT2D eigenvalue weighted by Gasteiger charge is -2.16. The zero-order valence-electron chi connectivity index (χ0n) is 14.0. The summed E-state index contributed by atoms with van der Waals surface area (Å²) in [5.41, 5.74) is 2.54. The minimum Gasteiger partial charge on any atom is -0.341 e. The fourth-order valence-corrected chi connectivity index (χ4v) is 3.70. The lowest BCUT2D eigenvalue weighted by molar-refractivity contribution is -0.130. The van der Waals surface area contributed by atoms with Crippen LogP contribution < -0.4 is 4.80 Å². The van der Waals surface area contributed by atoms with Gasteiger partial charge in [-0.3, -0.25) is 9.59 Å². The number of carbonyl (C=O) groups is 2. The van der Waals surface area contributed by atoms with E-state index in [-0.39, 0.29) is 18.4 Å². The van der Waals surface area contributed by atoms with Gasteiger partial charge in [-0.2, -0.15) is 4.99 Å². The Bertz CT molecular complexity index is 829. The van der Waals surface area contributed by atoms with E-state index in [0.717, 1.165) is 37.2 Å². The topological polar surface area (TPSA) is 54.7 Å². The first-order valence-corrected chi connectivity index (χ1v) is 9.01. The first-order chi connectivity index (χ1) is 11.5. The molecular weight excluding hydrogens is 322 g/mol. The van der Waals surface area contributed by atoms with Gasteiger partial charge >= 0.3 is 0 Å². The fraction of sp³-hybridized carbons (Fsp3) is 0.389. The number of nitrogens with zero attached hydrogens (tertiary/aromatic N) is 3. The van der Waals surface area contributed by atoms with Crippen molar-refractivity contribution in [3.05, 3.63) is 51.3 Å². The Morgan fingerprint density at radius 3 is 2.67 bits per heavy atom. The predicted octanol–water partition coefficient (Wildman–Crippen LogP) is 2.53. The van der Waals surface area contributed by atoms with Gasteiger partial charge in [0, 0.05) is 29.7 Å². The maximum absolute atomic E-state index is 12.4. The molecule has 1 aromatic carbocycles. The zero-order valence-corrected chi connectivity index (χ0v) is 14.8. The average molecular weight is 343 g/mol. The Kier molecular flexibility index (Phi) is 4.94. The Morgan fingerprint density at radius 2 is 1.96 bits per heavy atom. The highest BCUT2D eigenvalue weighted by molar-refractivity contribution is 7.07. The number of likely N-dealkylation sites (tertiary alicyclic amines) is 1. The average Bonchev–Trinajstić information content (AvgIpc) is 3.20. The third-order valence-electron chi connectivity index (χ3n) is 4.21.